The van der Waals surface area contributed by atoms with Crippen LogP contribution in [-0.2, 0) is 17.9 Å². The second-order valence-electron chi connectivity index (χ2n) is 8.11. The summed E-state index contributed by atoms with van der Waals surface area (Å²) in [4.78, 5) is 26.5. The second kappa shape index (κ2) is 9.80. The number of carbonyl (C=O) groups is 1. The number of rotatable bonds is 7. The van der Waals surface area contributed by atoms with Crippen LogP contribution >= 0.6 is 0 Å². The Bertz CT molecular complexity index is 1430. The molecule has 2 N–H and O–H groups in total. The third-order valence-corrected chi connectivity index (χ3v) is 5.76. The highest BCUT2D eigenvalue weighted by atomic mass is 16.6. The van der Waals surface area contributed by atoms with Gasteiger partial charge in [-0.25, -0.2) is 0 Å². The molecule has 0 saturated carbocycles. The summed E-state index contributed by atoms with van der Waals surface area (Å²) in [6.45, 7) is 1.12. The van der Waals surface area contributed by atoms with E-state index < -0.39 is 0 Å². The summed E-state index contributed by atoms with van der Waals surface area (Å²) in [6.07, 6.45) is 0. The van der Waals surface area contributed by atoms with E-state index in [1.807, 2.05) is 48.5 Å². The van der Waals surface area contributed by atoms with Gasteiger partial charge in [-0.1, -0.05) is 18.2 Å². The van der Waals surface area contributed by atoms with Crippen molar-refractivity contribution in [3.05, 3.63) is 88.7 Å². The monoisotopic (exact) mass is 471 g/mol. The van der Waals surface area contributed by atoms with Crippen molar-refractivity contribution in [1.82, 2.24) is 4.57 Å². The number of ether oxygens (including phenoxy) is 3. The second-order valence-corrected chi connectivity index (χ2v) is 8.11. The maximum Gasteiger partial charge on any atom is 0.256 e. The van der Waals surface area contributed by atoms with Crippen molar-refractivity contribution in [2.75, 3.05) is 31.0 Å². The topological polar surface area (TPSA) is 90.8 Å². The Morgan fingerprint density at radius 2 is 1.74 bits per heavy atom. The van der Waals surface area contributed by atoms with Crippen molar-refractivity contribution in [2.45, 2.75) is 13.1 Å². The Morgan fingerprint density at radius 3 is 2.54 bits per heavy atom. The molecule has 1 aromatic heterocycles. The Hall–Kier alpha value is -4.46. The van der Waals surface area contributed by atoms with E-state index in [0.29, 0.717) is 53.8 Å². The molecule has 1 amide bonds. The third-order valence-electron chi connectivity index (χ3n) is 5.76. The first-order valence-corrected chi connectivity index (χ1v) is 11.3. The molecule has 1 aliphatic rings. The Morgan fingerprint density at radius 1 is 0.943 bits per heavy atom. The van der Waals surface area contributed by atoms with Crippen LogP contribution in [0.25, 0.3) is 10.9 Å². The van der Waals surface area contributed by atoms with Gasteiger partial charge < -0.3 is 24.8 Å². The predicted molar refractivity (Wildman–Crippen MR) is 135 cm³/mol. The lowest BCUT2D eigenvalue weighted by Gasteiger charge is -2.19. The van der Waals surface area contributed by atoms with Crippen LogP contribution in [0.4, 0.5) is 11.4 Å². The number of aromatic nitrogens is 1. The Balaban J connectivity index is 1.44. The quantitative estimate of drug-likeness (QED) is 0.423. The van der Waals surface area contributed by atoms with Crippen LogP contribution in [0.1, 0.15) is 5.56 Å². The summed E-state index contributed by atoms with van der Waals surface area (Å²) in [5.74, 6) is 1.49. The molecule has 1 aliphatic heterocycles. The van der Waals surface area contributed by atoms with Gasteiger partial charge in [0.25, 0.3) is 5.56 Å². The summed E-state index contributed by atoms with van der Waals surface area (Å²) in [5, 5.41) is 6.97. The Labute approximate surface area is 202 Å². The van der Waals surface area contributed by atoms with Gasteiger partial charge in [0.15, 0.2) is 11.5 Å². The maximum atomic E-state index is 13.4. The van der Waals surface area contributed by atoms with E-state index >= 15 is 0 Å². The van der Waals surface area contributed by atoms with E-state index in [-0.39, 0.29) is 18.0 Å². The number of nitrogens with one attached hydrogen (secondary N) is 2. The molecule has 2 heterocycles. The van der Waals surface area contributed by atoms with E-state index in [2.05, 4.69) is 10.6 Å². The molecular formula is C27H25N3O5. The molecule has 0 spiro atoms. The minimum atomic E-state index is -0.332. The molecule has 5 rings (SSSR count). The molecule has 0 fully saturated rings. The number of amides is 1. The zero-order valence-electron chi connectivity index (χ0n) is 19.2. The lowest BCUT2D eigenvalue weighted by atomic mass is 10.1. The van der Waals surface area contributed by atoms with Crippen LogP contribution in [0.15, 0.2) is 77.6 Å². The fraction of sp³-hybridized carbons (Fsp3) is 0.185. The highest BCUT2D eigenvalue weighted by molar-refractivity contribution is 5.92. The molecule has 0 saturated heterocycles. The molecule has 0 bridgehead atoms. The summed E-state index contributed by atoms with van der Waals surface area (Å²) in [6, 6.07) is 22.2. The number of para-hydroxylation sites is 1. The van der Waals surface area contributed by atoms with E-state index in [4.69, 9.17) is 14.2 Å². The predicted octanol–water partition coefficient (Wildman–Crippen LogP) is 4.03. The van der Waals surface area contributed by atoms with Crippen molar-refractivity contribution >= 4 is 28.2 Å². The highest BCUT2D eigenvalue weighted by Gasteiger charge is 2.16. The van der Waals surface area contributed by atoms with Crippen LogP contribution in [-0.4, -0.2) is 30.8 Å². The van der Waals surface area contributed by atoms with Gasteiger partial charge in [-0.05, 0) is 47.9 Å². The van der Waals surface area contributed by atoms with Gasteiger partial charge in [0.05, 0.1) is 12.6 Å². The van der Waals surface area contributed by atoms with Crippen molar-refractivity contribution in [1.29, 1.82) is 0 Å². The van der Waals surface area contributed by atoms with Gasteiger partial charge >= 0.3 is 0 Å². The molecular weight excluding hydrogens is 446 g/mol. The van der Waals surface area contributed by atoms with Crippen molar-refractivity contribution < 1.29 is 19.0 Å². The molecule has 8 heteroatoms. The normalized spacial score (nSPS) is 12.3. The van der Waals surface area contributed by atoms with Crippen LogP contribution in [0.5, 0.6) is 17.2 Å². The molecule has 4 aromatic rings. The minimum absolute atomic E-state index is 0.157. The lowest BCUT2D eigenvalue weighted by molar-refractivity contribution is -0.116. The minimum Gasteiger partial charge on any atom is -0.497 e. The van der Waals surface area contributed by atoms with Gasteiger partial charge in [0.1, 0.15) is 25.5 Å². The number of hydrogen-bond acceptors (Lipinski definition) is 6. The zero-order chi connectivity index (χ0) is 24.2. The van der Waals surface area contributed by atoms with Crippen LogP contribution in [0.2, 0.25) is 0 Å². The summed E-state index contributed by atoms with van der Waals surface area (Å²) in [7, 11) is 1.57. The molecule has 3 aromatic carbocycles. The molecule has 8 nitrogen and oxygen atoms in total. The number of nitrogens with zero attached hydrogens (tertiary/aromatic N) is 1. The number of carbonyl (C=O) groups excluding carboxylic acids is 1. The largest absolute Gasteiger partial charge is 0.497 e. The number of pyridine rings is 1. The van der Waals surface area contributed by atoms with Crippen LogP contribution in [0, 0.1) is 0 Å². The van der Waals surface area contributed by atoms with Gasteiger partial charge in [-0.3, -0.25) is 14.2 Å². The average Bonchev–Trinajstić information content (AvgIpc) is 2.89. The maximum absolute atomic E-state index is 13.4. The summed E-state index contributed by atoms with van der Waals surface area (Å²) in [5.41, 5.74) is 2.40. The molecule has 178 valence electrons. The van der Waals surface area contributed by atoms with E-state index in [1.54, 1.807) is 31.4 Å². The first kappa shape index (κ1) is 22.3. The van der Waals surface area contributed by atoms with Crippen LogP contribution < -0.4 is 30.4 Å². The summed E-state index contributed by atoms with van der Waals surface area (Å²) < 4.78 is 18.0. The average molecular weight is 472 g/mol. The number of benzene rings is 3. The zero-order valence-corrected chi connectivity index (χ0v) is 19.2. The fourth-order valence-corrected chi connectivity index (χ4v) is 4.04. The third kappa shape index (κ3) is 4.91. The standard InChI is InChI=1S/C27H25N3O5/c1-33-22-9-7-18-13-19(16-28-20-5-3-2-4-6-20)27(32)30(23(18)15-22)17-26(31)29-21-8-10-24-25(14-21)35-12-11-34-24/h2-10,13-15,28H,11-12,16-17H2,1H3,(H,29,31). The van der Waals surface area contributed by atoms with Crippen molar-refractivity contribution in [3.8, 4) is 17.2 Å². The van der Waals surface area contributed by atoms with Gasteiger partial charge in [-0.15, -0.1) is 0 Å². The Kier molecular flexibility index (Phi) is 6.26. The van der Waals surface area contributed by atoms with Crippen molar-refractivity contribution in [2.24, 2.45) is 0 Å². The lowest BCUT2D eigenvalue weighted by Crippen LogP contribution is -2.30. The summed E-state index contributed by atoms with van der Waals surface area (Å²) >= 11 is 0. The fourth-order valence-electron chi connectivity index (χ4n) is 4.04. The van der Waals surface area contributed by atoms with Crippen molar-refractivity contribution in [3.63, 3.8) is 0 Å². The smallest absolute Gasteiger partial charge is 0.256 e. The highest BCUT2D eigenvalue weighted by Crippen LogP contribution is 2.32. The SMILES string of the molecule is COc1ccc2cc(CNc3ccccc3)c(=O)n(CC(=O)Nc3ccc4c(c3)OCCO4)c2c1. The van der Waals surface area contributed by atoms with Gasteiger partial charge in [0, 0.05) is 35.6 Å². The van der Waals surface area contributed by atoms with E-state index in [0.717, 1.165) is 11.1 Å². The molecule has 35 heavy (non-hydrogen) atoms. The van der Waals surface area contributed by atoms with Crippen LogP contribution in [0.3, 0.4) is 0 Å². The number of anilines is 2. The van der Waals surface area contributed by atoms with E-state index in [9.17, 15) is 9.59 Å². The first-order valence-electron chi connectivity index (χ1n) is 11.3. The van der Waals surface area contributed by atoms with Gasteiger partial charge in [-0.2, -0.15) is 0 Å². The molecule has 0 unspecified atom stereocenters. The first-order chi connectivity index (χ1) is 17.1. The molecule has 0 atom stereocenters. The van der Waals surface area contributed by atoms with Gasteiger partial charge in [0.2, 0.25) is 5.91 Å². The number of fused-ring (bicyclic) bond motifs is 2. The molecule has 0 radical (unpaired) electrons. The number of methoxy groups -OCH3 is 1. The number of hydrogen-bond donors (Lipinski definition) is 2. The van der Waals surface area contributed by atoms with E-state index in [1.165, 1.54) is 4.57 Å². The molecule has 0 aliphatic carbocycles.